The first-order valence-electron chi connectivity index (χ1n) is 12.0. The molecule has 4 aliphatic rings. The number of hydrogen-bond donors (Lipinski definition) is 0. The SMILES string of the molecule is CCC(=O)OC[C@]12CCCC(C)(C)[C@@H]1CC[C@@]1(C)[C@@H]3COC(=O)[C@@H]3C[C@H](OC(C)=O)[C@@H]12. The molecule has 1 aliphatic heterocycles. The molecule has 7 atom stereocenters. The van der Waals surface area contributed by atoms with Gasteiger partial charge in [-0.1, -0.05) is 34.1 Å². The predicted octanol–water partition coefficient (Wildman–Crippen LogP) is 4.29. The van der Waals surface area contributed by atoms with Gasteiger partial charge in [0.25, 0.3) is 0 Å². The van der Waals surface area contributed by atoms with Gasteiger partial charge in [0.15, 0.2) is 0 Å². The van der Waals surface area contributed by atoms with Crippen LogP contribution in [-0.4, -0.2) is 37.2 Å². The average Bonchev–Trinajstić information content (AvgIpc) is 3.06. The molecule has 1 heterocycles. The summed E-state index contributed by atoms with van der Waals surface area (Å²) in [6.45, 7) is 11.0. The van der Waals surface area contributed by atoms with Gasteiger partial charge in [-0.05, 0) is 48.9 Å². The van der Waals surface area contributed by atoms with Crippen molar-refractivity contribution in [2.24, 2.45) is 39.9 Å². The van der Waals surface area contributed by atoms with Crippen LogP contribution in [-0.2, 0) is 28.6 Å². The average molecular weight is 435 g/mol. The van der Waals surface area contributed by atoms with Crippen LogP contribution in [0, 0.1) is 39.9 Å². The van der Waals surface area contributed by atoms with Crippen molar-refractivity contribution in [3.63, 3.8) is 0 Å². The highest BCUT2D eigenvalue weighted by Crippen LogP contribution is 2.70. The van der Waals surface area contributed by atoms with E-state index in [1.54, 1.807) is 0 Å². The summed E-state index contributed by atoms with van der Waals surface area (Å²) < 4.78 is 17.4. The number of carbonyl (C=O) groups excluding carboxylic acids is 3. The van der Waals surface area contributed by atoms with E-state index >= 15 is 0 Å². The molecule has 0 aromatic carbocycles. The molecule has 6 nitrogen and oxygen atoms in total. The fourth-order valence-electron chi connectivity index (χ4n) is 8.29. The van der Waals surface area contributed by atoms with Crippen molar-refractivity contribution in [2.75, 3.05) is 13.2 Å². The minimum absolute atomic E-state index is 0.0441. The molecule has 0 amide bonds. The Morgan fingerprint density at radius 3 is 2.58 bits per heavy atom. The van der Waals surface area contributed by atoms with Crippen LogP contribution in [0.15, 0.2) is 0 Å². The fourth-order valence-corrected chi connectivity index (χ4v) is 8.29. The molecule has 1 saturated heterocycles. The Kier molecular flexibility index (Phi) is 5.66. The van der Waals surface area contributed by atoms with E-state index in [4.69, 9.17) is 14.2 Å². The number of cyclic esters (lactones) is 1. The number of carbonyl (C=O) groups is 3. The lowest BCUT2D eigenvalue weighted by molar-refractivity contribution is -0.238. The first-order valence-corrected chi connectivity index (χ1v) is 12.0. The third-order valence-electron chi connectivity index (χ3n) is 9.41. The van der Waals surface area contributed by atoms with Crippen LogP contribution in [0.3, 0.4) is 0 Å². The summed E-state index contributed by atoms with van der Waals surface area (Å²) in [4.78, 5) is 36.9. The highest BCUT2D eigenvalue weighted by atomic mass is 16.6. The molecule has 4 rings (SSSR count). The molecule has 0 bridgehead atoms. The Morgan fingerprint density at radius 2 is 1.90 bits per heavy atom. The van der Waals surface area contributed by atoms with Crippen LogP contribution in [0.4, 0.5) is 0 Å². The lowest BCUT2D eigenvalue weighted by atomic mass is 9.38. The largest absolute Gasteiger partial charge is 0.465 e. The molecule has 31 heavy (non-hydrogen) atoms. The second kappa shape index (κ2) is 7.77. The van der Waals surface area contributed by atoms with Gasteiger partial charge in [0.2, 0.25) is 0 Å². The Balaban J connectivity index is 1.82. The molecular formula is C25H38O6. The maximum Gasteiger partial charge on any atom is 0.309 e. The smallest absolute Gasteiger partial charge is 0.309 e. The molecule has 6 heteroatoms. The first kappa shape index (κ1) is 22.6. The second-order valence-corrected chi connectivity index (χ2v) is 11.4. The molecule has 0 N–H and O–H groups in total. The first-order chi connectivity index (χ1) is 14.5. The molecule has 174 valence electrons. The third kappa shape index (κ3) is 3.48. The summed E-state index contributed by atoms with van der Waals surface area (Å²) in [5.41, 5.74) is -0.328. The number of hydrogen-bond acceptors (Lipinski definition) is 6. The topological polar surface area (TPSA) is 78.9 Å². The van der Waals surface area contributed by atoms with E-state index < -0.39 is 0 Å². The minimum Gasteiger partial charge on any atom is -0.465 e. The van der Waals surface area contributed by atoms with Gasteiger partial charge in [0.05, 0.1) is 19.1 Å². The summed E-state index contributed by atoms with van der Waals surface area (Å²) >= 11 is 0. The van der Waals surface area contributed by atoms with Crippen LogP contribution < -0.4 is 0 Å². The van der Waals surface area contributed by atoms with Crippen LogP contribution in [0.5, 0.6) is 0 Å². The number of esters is 3. The van der Waals surface area contributed by atoms with Crippen LogP contribution >= 0.6 is 0 Å². The van der Waals surface area contributed by atoms with Crippen molar-refractivity contribution in [3.05, 3.63) is 0 Å². The molecule has 4 fully saturated rings. The van der Waals surface area contributed by atoms with E-state index in [0.717, 1.165) is 32.1 Å². The predicted molar refractivity (Wildman–Crippen MR) is 114 cm³/mol. The maximum absolute atomic E-state index is 12.5. The standard InChI is InChI=1S/C25H38O6/c1-6-20(27)30-14-25-10-7-9-23(3,4)19(25)8-11-24(5)17-13-29-22(28)16(17)12-18(21(24)25)31-15(2)26/h16-19,21H,6-14H2,1-5H3/t16-,17-,18+,19+,21+,24+,25-/m1/s1. The molecule has 3 aliphatic carbocycles. The van der Waals surface area contributed by atoms with Gasteiger partial charge in [-0.15, -0.1) is 0 Å². The normalized spacial score (nSPS) is 43.1. The highest BCUT2D eigenvalue weighted by Gasteiger charge is 2.69. The van der Waals surface area contributed by atoms with Crippen LogP contribution in [0.1, 0.15) is 79.6 Å². The number of rotatable bonds is 4. The molecule has 0 radical (unpaired) electrons. The van der Waals surface area contributed by atoms with E-state index in [1.807, 2.05) is 6.92 Å². The summed E-state index contributed by atoms with van der Waals surface area (Å²) in [6, 6.07) is 0. The molecule has 0 aromatic rings. The summed E-state index contributed by atoms with van der Waals surface area (Å²) in [5, 5.41) is 0. The Labute approximate surface area is 185 Å². The van der Waals surface area contributed by atoms with E-state index in [-0.39, 0.29) is 58.0 Å². The van der Waals surface area contributed by atoms with E-state index in [0.29, 0.717) is 32.0 Å². The van der Waals surface area contributed by atoms with Crippen molar-refractivity contribution >= 4 is 17.9 Å². The van der Waals surface area contributed by atoms with Crippen LogP contribution in [0.2, 0.25) is 0 Å². The van der Waals surface area contributed by atoms with E-state index in [9.17, 15) is 14.4 Å². The summed E-state index contributed by atoms with van der Waals surface area (Å²) in [6.07, 6.45) is 5.70. The highest BCUT2D eigenvalue weighted by molar-refractivity contribution is 5.75. The lowest BCUT2D eigenvalue weighted by Crippen LogP contribution is -2.66. The van der Waals surface area contributed by atoms with Gasteiger partial charge < -0.3 is 14.2 Å². The molecule has 0 aromatic heterocycles. The van der Waals surface area contributed by atoms with Crippen molar-refractivity contribution in [3.8, 4) is 0 Å². The third-order valence-corrected chi connectivity index (χ3v) is 9.41. The zero-order chi connectivity index (χ0) is 22.6. The summed E-state index contributed by atoms with van der Waals surface area (Å²) in [5.74, 6) is -0.308. The maximum atomic E-state index is 12.5. The second-order valence-electron chi connectivity index (χ2n) is 11.4. The fraction of sp³-hybridized carbons (Fsp3) is 0.880. The van der Waals surface area contributed by atoms with Gasteiger partial charge in [-0.2, -0.15) is 0 Å². The minimum atomic E-state index is -0.355. The van der Waals surface area contributed by atoms with Gasteiger partial charge in [0.1, 0.15) is 6.10 Å². The van der Waals surface area contributed by atoms with Gasteiger partial charge in [0, 0.05) is 30.6 Å². The molecule has 3 saturated carbocycles. The van der Waals surface area contributed by atoms with Gasteiger partial charge in [-0.3, -0.25) is 14.4 Å². The Bertz CT molecular complexity index is 759. The Hall–Kier alpha value is -1.59. The number of fused-ring (bicyclic) bond motifs is 5. The van der Waals surface area contributed by atoms with Crippen molar-refractivity contribution in [2.45, 2.75) is 85.7 Å². The molecular weight excluding hydrogens is 396 g/mol. The van der Waals surface area contributed by atoms with Gasteiger partial charge in [-0.25, -0.2) is 0 Å². The van der Waals surface area contributed by atoms with Crippen LogP contribution in [0.25, 0.3) is 0 Å². The van der Waals surface area contributed by atoms with E-state index in [1.165, 1.54) is 6.92 Å². The summed E-state index contributed by atoms with van der Waals surface area (Å²) in [7, 11) is 0. The lowest BCUT2D eigenvalue weighted by Gasteiger charge is -2.67. The van der Waals surface area contributed by atoms with Gasteiger partial charge >= 0.3 is 17.9 Å². The Morgan fingerprint density at radius 1 is 1.16 bits per heavy atom. The molecule has 0 unspecified atom stereocenters. The van der Waals surface area contributed by atoms with Crippen molar-refractivity contribution in [1.82, 2.24) is 0 Å². The monoisotopic (exact) mass is 434 g/mol. The molecule has 0 spiro atoms. The van der Waals surface area contributed by atoms with E-state index in [2.05, 4.69) is 20.8 Å². The zero-order valence-corrected chi connectivity index (χ0v) is 19.7. The zero-order valence-electron chi connectivity index (χ0n) is 19.7. The van der Waals surface area contributed by atoms with Crippen molar-refractivity contribution < 1.29 is 28.6 Å². The quantitative estimate of drug-likeness (QED) is 0.485. The van der Waals surface area contributed by atoms with Crippen molar-refractivity contribution in [1.29, 1.82) is 0 Å². The number of ether oxygens (including phenoxy) is 3.